The number of hydrogen-bond acceptors (Lipinski definition) is 5. The van der Waals surface area contributed by atoms with Gasteiger partial charge in [-0.3, -0.25) is 4.79 Å². The van der Waals surface area contributed by atoms with Gasteiger partial charge in [-0.2, -0.15) is 0 Å². The molecule has 0 unspecified atom stereocenters. The van der Waals surface area contributed by atoms with E-state index >= 15 is 0 Å². The highest BCUT2D eigenvalue weighted by molar-refractivity contribution is 7.13. The zero-order valence-electron chi connectivity index (χ0n) is 15.9. The lowest BCUT2D eigenvalue weighted by atomic mass is 9.99. The van der Waals surface area contributed by atoms with Crippen LogP contribution >= 0.6 is 22.9 Å². The molecular weight excluding hydrogens is 398 g/mol. The number of piperidine rings is 1. The molecule has 1 aromatic carbocycles. The molecule has 0 radical (unpaired) electrons. The predicted molar refractivity (Wildman–Crippen MR) is 111 cm³/mol. The van der Waals surface area contributed by atoms with Crippen molar-refractivity contribution < 1.29 is 9.59 Å². The van der Waals surface area contributed by atoms with Crippen molar-refractivity contribution in [3.05, 3.63) is 39.3 Å². The predicted octanol–water partition coefficient (Wildman–Crippen LogP) is 3.99. The fraction of sp³-hybridized carbons (Fsp3) is 0.474. The van der Waals surface area contributed by atoms with E-state index in [1.54, 1.807) is 24.3 Å². The Labute approximate surface area is 173 Å². The minimum atomic E-state index is -0.298. The number of halogens is 1. The van der Waals surface area contributed by atoms with Crippen LogP contribution in [0.15, 0.2) is 24.3 Å². The van der Waals surface area contributed by atoms with Crippen LogP contribution in [0.3, 0.4) is 0 Å². The highest BCUT2D eigenvalue weighted by Gasteiger charge is 2.28. The van der Waals surface area contributed by atoms with E-state index in [0.717, 1.165) is 24.4 Å². The summed E-state index contributed by atoms with van der Waals surface area (Å²) in [6.07, 6.45) is 1.84. The first kappa shape index (κ1) is 20.5. The number of nitrogens with zero attached hydrogens (tertiary/aromatic N) is 3. The topological polar surface area (TPSA) is 87.2 Å². The number of anilines is 1. The van der Waals surface area contributed by atoms with Gasteiger partial charge < -0.3 is 15.5 Å². The van der Waals surface area contributed by atoms with Crippen LogP contribution in [0.25, 0.3) is 0 Å². The molecule has 150 valence electrons. The highest BCUT2D eigenvalue weighted by Crippen LogP contribution is 2.29. The van der Waals surface area contributed by atoms with Gasteiger partial charge in [0.05, 0.1) is 0 Å². The van der Waals surface area contributed by atoms with Crippen LogP contribution in [0.2, 0.25) is 5.02 Å². The summed E-state index contributed by atoms with van der Waals surface area (Å²) in [6, 6.07) is 6.85. The fourth-order valence-corrected chi connectivity index (χ4v) is 3.97. The van der Waals surface area contributed by atoms with Crippen LogP contribution in [-0.4, -0.2) is 46.7 Å². The third kappa shape index (κ3) is 5.42. The maximum atomic E-state index is 12.4. The van der Waals surface area contributed by atoms with Gasteiger partial charge in [-0.1, -0.05) is 36.8 Å². The Morgan fingerprint density at radius 3 is 2.75 bits per heavy atom. The van der Waals surface area contributed by atoms with Crippen molar-refractivity contribution in [2.45, 2.75) is 32.6 Å². The monoisotopic (exact) mass is 421 g/mol. The number of benzene rings is 1. The van der Waals surface area contributed by atoms with Crippen LogP contribution < -0.4 is 10.6 Å². The van der Waals surface area contributed by atoms with E-state index in [1.807, 2.05) is 4.90 Å². The van der Waals surface area contributed by atoms with Gasteiger partial charge in [-0.25, -0.2) is 4.79 Å². The first-order valence-corrected chi connectivity index (χ1v) is 10.5. The molecule has 3 amide bonds. The summed E-state index contributed by atoms with van der Waals surface area (Å²) in [4.78, 5) is 26.6. The molecule has 1 aliphatic heterocycles. The fourth-order valence-electron chi connectivity index (χ4n) is 2.98. The number of hydrogen-bond donors (Lipinski definition) is 2. The number of carbonyl (C=O) groups excluding carboxylic acids is 2. The molecular formula is C19H24ClN5O2S. The summed E-state index contributed by atoms with van der Waals surface area (Å²) < 4.78 is 0. The molecule has 1 atom stereocenters. The molecule has 9 heteroatoms. The lowest BCUT2D eigenvalue weighted by Crippen LogP contribution is -2.45. The van der Waals surface area contributed by atoms with Gasteiger partial charge in [0.1, 0.15) is 5.01 Å². The molecule has 1 aliphatic rings. The minimum Gasteiger partial charge on any atom is -0.338 e. The van der Waals surface area contributed by atoms with E-state index in [1.165, 1.54) is 11.3 Å². The Kier molecular flexibility index (Phi) is 6.85. The lowest BCUT2D eigenvalue weighted by molar-refractivity contribution is 0.102. The Morgan fingerprint density at radius 1 is 1.29 bits per heavy atom. The third-order valence-corrected chi connectivity index (χ3v) is 5.79. The molecule has 7 nitrogen and oxygen atoms in total. The molecule has 3 rings (SSSR count). The summed E-state index contributed by atoms with van der Waals surface area (Å²) in [7, 11) is 0. The second kappa shape index (κ2) is 9.34. The molecule has 1 saturated heterocycles. The number of nitrogens with one attached hydrogen (secondary N) is 2. The molecule has 0 aliphatic carbocycles. The summed E-state index contributed by atoms with van der Waals surface area (Å²) >= 11 is 7.14. The van der Waals surface area contributed by atoms with Gasteiger partial charge in [0.2, 0.25) is 5.01 Å². The summed E-state index contributed by atoms with van der Waals surface area (Å²) in [5.74, 6) is 0.218. The second-order valence-electron chi connectivity index (χ2n) is 7.27. The summed E-state index contributed by atoms with van der Waals surface area (Å²) in [5.41, 5.74) is 0.650. The van der Waals surface area contributed by atoms with Crippen molar-refractivity contribution >= 4 is 40.6 Å². The molecule has 2 heterocycles. The maximum Gasteiger partial charge on any atom is 0.317 e. The van der Waals surface area contributed by atoms with Crippen molar-refractivity contribution in [3.8, 4) is 0 Å². The Bertz CT molecular complexity index is 824. The number of aromatic nitrogens is 2. The van der Waals surface area contributed by atoms with Gasteiger partial charge in [-0.15, -0.1) is 10.2 Å². The van der Waals surface area contributed by atoms with E-state index in [0.29, 0.717) is 34.7 Å². The molecule has 0 spiro atoms. The Morgan fingerprint density at radius 2 is 2.04 bits per heavy atom. The molecule has 0 saturated carbocycles. The molecule has 1 fully saturated rings. The largest absolute Gasteiger partial charge is 0.338 e. The van der Waals surface area contributed by atoms with Crippen LogP contribution in [0.5, 0.6) is 0 Å². The number of urea groups is 1. The van der Waals surface area contributed by atoms with Crippen LogP contribution in [-0.2, 0) is 0 Å². The Balaban J connectivity index is 1.60. The Hall–Kier alpha value is -2.19. The van der Waals surface area contributed by atoms with E-state index in [4.69, 9.17) is 11.6 Å². The first-order valence-electron chi connectivity index (χ1n) is 9.35. The lowest BCUT2D eigenvalue weighted by Gasteiger charge is -2.31. The number of carbonyl (C=O) groups is 2. The molecule has 2 N–H and O–H groups in total. The molecule has 1 aromatic heterocycles. The van der Waals surface area contributed by atoms with E-state index in [-0.39, 0.29) is 17.9 Å². The van der Waals surface area contributed by atoms with Crippen molar-refractivity contribution in [3.63, 3.8) is 0 Å². The second-order valence-corrected chi connectivity index (χ2v) is 8.72. The average Bonchev–Trinajstić information content (AvgIpc) is 3.18. The van der Waals surface area contributed by atoms with Crippen molar-refractivity contribution in [1.29, 1.82) is 0 Å². The third-order valence-electron chi connectivity index (χ3n) is 4.46. The standard InChI is InChI=1S/C19H24ClN5O2S/c1-12(2)10-21-19(27)25-9-3-4-13(11-25)17-23-24-18(28-17)16(26)22-15-7-5-14(20)6-8-15/h5-8,12-13H,3-4,9-11H2,1-2H3,(H,21,27)(H,22,26)/t13-/m0/s1. The van der Waals surface area contributed by atoms with E-state index in [2.05, 4.69) is 34.7 Å². The molecule has 2 aromatic rings. The van der Waals surface area contributed by atoms with Crippen molar-refractivity contribution in [2.75, 3.05) is 25.0 Å². The average molecular weight is 422 g/mol. The van der Waals surface area contributed by atoms with E-state index in [9.17, 15) is 9.59 Å². The minimum absolute atomic E-state index is 0.0383. The van der Waals surface area contributed by atoms with Crippen LogP contribution in [0.1, 0.15) is 47.4 Å². The number of likely N-dealkylation sites (tertiary alicyclic amines) is 1. The first-order chi connectivity index (χ1) is 13.4. The van der Waals surface area contributed by atoms with Crippen LogP contribution in [0.4, 0.5) is 10.5 Å². The molecule has 28 heavy (non-hydrogen) atoms. The zero-order chi connectivity index (χ0) is 20.1. The van der Waals surface area contributed by atoms with E-state index < -0.39 is 0 Å². The van der Waals surface area contributed by atoms with Crippen molar-refractivity contribution in [1.82, 2.24) is 20.4 Å². The van der Waals surface area contributed by atoms with Crippen LogP contribution in [0, 0.1) is 5.92 Å². The SMILES string of the molecule is CC(C)CNC(=O)N1CCC[C@H](c2nnc(C(=O)Nc3ccc(Cl)cc3)s2)C1. The maximum absolute atomic E-state index is 12.4. The number of rotatable bonds is 5. The quantitative estimate of drug-likeness (QED) is 0.764. The smallest absolute Gasteiger partial charge is 0.317 e. The summed E-state index contributed by atoms with van der Waals surface area (Å²) in [5, 5.41) is 15.7. The normalized spacial score (nSPS) is 16.9. The highest BCUT2D eigenvalue weighted by atomic mass is 35.5. The van der Waals surface area contributed by atoms with Gasteiger partial charge in [-0.05, 0) is 43.0 Å². The van der Waals surface area contributed by atoms with Gasteiger partial charge in [0.25, 0.3) is 5.91 Å². The van der Waals surface area contributed by atoms with Gasteiger partial charge >= 0.3 is 6.03 Å². The van der Waals surface area contributed by atoms with Gasteiger partial charge in [0.15, 0.2) is 0 Å². The molecule has 0 bridgehead atoms. The number of amides is 3. The van der Waals surface area contributed by atoms with Crippen molar-refractivity contribution in [2.24, 2.45) is 5.92 Å². The zero-order valence-corrected chi connectivity index (χ0v) is 17.5. The summed E-state index contributed by atoms with van der Waals surface area (Å²) in [6.45, 7) is 6.13. The van der Waals surface area contributed by atoms with Gasteiger partial charge in [0, 0.05) is 36.3 Å².